The average Bonchev–Trinajstić information content (AvgIpc) is 3.21. The molecule has 2 aromatic heterocycles. The molecule has 0 aliphatic rings. The van der Waals surface area contributed by atoms with Crippen LogP contribution in [0.1, 0.15) is 59.6 Å². The molecule has 0 aliphatic carbocycles. The molecule has 0 radical (unpaired) electrons. The number of hydrogen-bond donors (Lipinski definition) is 0. The lowest BCUT2D eigenvalue weighted by atomic mass is 9.85. The van der Waals surface area contributed by atoms with Crippen LogP contribution in [0.15, 0.2) is 79.1 Å². The second kappa shape index (κ2) is 9.48. The van der Waals surface area contributed by atoms with Crippen molar-refractivity contribution in [1.82, 2.24) is 14.5 Å². The second-order valence-electron chi connectivity index (χ2n) is 11.8. The molecule has 2 heterocycles. The van der Waals surface area contributed by atoms with E-state index in [1.165, 1.54) is 21.9 Å². The van der Waals surface area contributed by atoms with Crippen molar-refractivity contribution in [2.75, 3.05) is 6.61 Å². The monoisotopic (exact) mass is 525 g/mol. The van der Waals surface area contributed by atoms with E-state index in [-0.39, 0.29) is 10.8 Å². The Kier molecular flexibility index (Phi) is 6.57. The molecule has 0 N–H and O–H groups in total. The number of fused-ring (bicyclic) bond motifs is 3. The largest absolute Gasteiger partial charge is 0.321 e. The molecule has 0 amide bonds. The summed E-state index contributed by atoms with van der Waals surface area (Å²) in [6.07, 6.45) is 3.31. The molecule has 196 valence electrons. The van der Waals surface area contributed by atoms with E-state index in [0.717, 1.165) is 11.0 Å². The lowest BCUT2D eigenvalue weighted by Crippen LogP contribution is -2.22. The zero-order valence-electron chi connectivity index (χ0n) is 23.3. The van der Waals surface area contributed by atoms with Gasteiger partial charge < -0.3 is 4.52 Å². The molecular formula is C32H36N3O2P. The van der Waals surface area contributed by atoms with Gasteiger partial charge in [-0.05, 0) is 65.3 Å². The van der Waals surface area contributed by atoms with Gasteiger partial charge in [-0.2, -0.15) is 0 Å². The van der Waals surface area contributed by atoms with Crippen LogP contribution in [-0.4, -0.2) is 21.1 Å². The van der Waals surface area contributed by atoms with Crippen molar-refractivity contribution in [2.24, 2.45) is 0 Å². The lowest BCUT2D eigenvalue weighted by molar-refractivity contribution is 0.347. The Morgan fingerprint density at radius 3 is 1.76 bits per heavy atom. The van der Waals surface area contributed by atoms with E-state index < -0.39 is 7.37 Å². The third-order valence-corrected chi connectivity index (χ3v) is 9.49. The Labute approximate surface area is 225 Å². The summed E-state index contributed by atoms with van der Waals surface area (Å²) in [5.74, 6) is 0.678. The Morgan fingerprint density at radius 2 is 1.32 bits per heavy atom. The summed E-state index contributed by atoms with van der Waals surface area (Å²) in [7, 11) is -3.35. The maximum atomic E-state index is 14.0. The van der Waals surface area contributed by atoms with E-state index in [1.807, 2.05) is 37.3 Å². The maximum absolute atomic E-state index is 14.0. The van der Waals surface area contributed by atoms with Crippen molar-refractivity contribution in [1.29, 1.82) is 0 Å². The summed E-state index contributed by atoms with van der Waals surface area (Å²) < 4.78 is 21.9. The Balaban J connectivity index is 1.71. The summed E-state index contributed by atoms with van der Waals surface area (Å²) in [5.41, 5.74) is 5.11. The molecule has 6 heteroatoms. The summed E-state index contributed by atoms with van der Waals surface area (Å²) >= 11 is 0. The minimum atomic E-state index is -3.35. The molecule has 0 saturated heterocycles. The minimum Gasteiger partial charge on any atom is -0.321 e. The molecule has 0 aliphatic heterocycles. The molecule has 0 saturated carbocycles. The first kappa shape index (κ1) is 26.3. The quantitative estimate of drug-likeness (QED) is 0.224. The molecular weight excluding hydrogens is 489 g/mol. The van der Waals surface area contributed by atoms with Gasteiger partial charge in [0, 0.05) is 16.1 Å². The smallest absolute Gasteiger partial charge is 0.280 e. The van der Waals surface area contributed by atoms with Gasteiger partial charge in [-0.1, -0.05) is 71.9 Å². The number of aromatic nitrogens is 3. The standard InChI is InChI=1S/C32H36N3O2P/c1-8-37-38(36,24-12-10-9-11-13-24)30-21-33-29(20-34-30)35-27-16-14-22(31(2,3)4)18-25(27)26-19-23(32(5,6)7)15-17-28(26)35/h9-21H,8H2,1-7H3. The molecule has 5 rings (SSSR count). The van der Waals surface area contributed by atoms with E-state index in [4.69, 9.17) is 9.51 Å². The third kappa shape index (κ3) is 4.59. The normalized spacial score (nSPS) is 14.2. The number of benzene rings is 3. The van der Waals surface area contributed by atoms with Gasteiger partial charge in [0.25, 0.3) is 7.37 Å². The highest BCUT2D eigenvalue weighted by Gasteiger charge is 2.30. The molecule has 0 fully saturated rings. The first-order chi connectivity index (χ1) is 17.9. The minimum absolute atomic E-state index is 0.0313. The molecule has 1 unspecified atom stereocenters. The van der Waals surface area contributed by atoms with Crippen molar-refractivity contribution in [2.45, 2.75) is 59.3 Å². The van der Waals surface area contributed by atoms with Crippen LogP contribution < -0.4 is 10.7 Å². The van der Waals surface area contributed by atoms with E-state index in [1.54, 1.807) is 12.4 Å². The van der Waals surface area contributed by atoms with Crippen molar-refractivity contribution >= 4 is 39.9 Å². The van der Waals surface area contributed by atoms with Crippen molar-refractivity contribution < 1.29 is 9.09 Å². The summed E-state index contributed by atoms with van der Waals surface area (Å²) in [6, 6.07) is 22.6. The second-order valence-corrected chi connectivity index (χ2v) is 14.2. The Hall–Kier alpha value is -3.27. The van der Waals surface area contributed by atoms with Gasteiger partial charge in [0.1, 0.15) is 5.44 Å². The predicted octanol–water partition coefficient (Wildman–Crippen LogP) is 7.43. The molecule has 5 aromatic rings. The predicted molar refractivity (Wildman–Crippen MR) is 159 cm³/mol. The van der Waals surface area contributed by atoms with Gasteiger partial charge in [0.05, 0.1) is 30.0 Å². The van der Waals surface area contributed by atoms with Crippen LogP contribution in [0.4, 0.5) is 0 Å². The van der Waals surface area contributed by atoms with E-state index in [2.05, 4.69) is 87.5 Å². The zero-order chi connectivity index (χ0) is 27.3. The lowest BCUT2D eigenvalue weighted by Gasteiger charge is -2.19. The maximum Gasteiger partial charge on any atom is 0.280 e. The zero-order valence-corrected chi connectivity index (χ0v) is 24.2. The van der Waals surface area contributed by atoms with Gasteiger partial charge in [-0.25, -0.2) is 9.97 Å². The van der Waals surface area contributed by atoms with Gasteiger partial charge in [-0.3, -0.25) is 9.13 Å². The van der Waals surface area contributed by atoms with Crippen LogP contribution in [0.25, 0.3) is 27.6 Å². The molecule has 0 bridgehead atoms. The fourth-order valence-electron chi connectivity index (χ4n) is 4.86. The Morgan fingerprint density at radius 1 is 0.763 bits per heavy atom. The molecule has 38 heavy (non-hydrogen) atoms. The van der Waals surface area contributed by atoms with Gasteiger partial charge in [0.2, 0.25) is 0 Å². The SMILES string of the molecule is CCOP(=O)(c1ccccc1)c1cnc(-n2c3ccc(C(C)(C)C)cc3c3cc(C(C)(C)C)ccc32)cn1. The van der Waals surface area contributed by atoms with Gasteiger partial charge in [-0.15, -0.1) is 0 Å². The first-order valence-electron chi connectivity index (χ1n) is 13.2. The van der Waals surface area contributed by atoms with Crippen LogP contribution in [-0.2, 0) is 19.9 Å². The number of rotatable bonds is 5. The van der Waals surface area contributed by atoms with Crippen LogP contribution in [0.5, 0.6) is 0 Å². The van der Waals surface area contributed by atoms with Crippen molar-refractivity contribution in [3.63, 3.8) is 0 Å². The summed E-state index contributed by atoms with van der Waals surface area (Å²) in [4.78, 5) is 9.44. The van der Waals surface area contributed by atoms with E-state index >= 15 is 0 Å². The highest BCUT2D eigenvalue weighted by molar-refractivity contribution is 7.74. The third-order valence-electron chi connectivity index (χ3n) is 7.06. The van der Waals surface area contributed by atoms with E-state index in [9.17, 15) is 4.57 Å². The van der Waals surface area contributed by atoms with Crippen LogP contribution in [0, 0.1) is 0 Å². The van der Waals surface area contributed by atoms with E-state index in [0.29, 0.717) is 23.2 Å². The van der Waals surface area contributed by atoms with Crippen molar-refractivity contribution in [3.05, 3.63) is 90.3 Å². The van der Waals surface area contributed by atoms with Gasteiger partial charge >= 0.3 is 0 Å². The molecule has 0 spiro atoms. The topological polar surface area (TPSA) is 57.0 Å². The first-order valence-corrected chi connectivity index (χ1v) is 14.8. The fourth-order valence-corrected chi connectivity index (χ4v) is 6.76. The summed E-state index contributed by atoms with van der Waals surface area (Å²) in [6.45, 7) is 15.6. The number of nitrogens with zero attached hydrogens (tertiary/aromatic N) is 3. The number of hydrogen-bond acceptors (Lipinski definition) is 4. The molecule has 3 aromatic carbocycles. The highest BCUT2D eigenvalue weighted by atomic mass is 31.2. The Bertz CT molecular complexity index is 1590. The highest BCUT2D eigenvalue weighted by Crippen LogP contribution is 2.44. The molecule has 1 atom stereocenters. The van der Waals surface area contributed by atoms with Crippen LogP contribution >= 0.6 is 7.37 Å². The van der Waals surface area contributed by atoms with Gasteiger partial charge in [0.15, 0.2) is 5.82 Å². The summed E-state index contributed by atoms with van der Waals surface area (Å²) in [5, 5.41) is 2.99. The molecule has 5 nitrogen and oxygen atoms in total. The van der Waals surface area contributed by atoms with Crippen molar-refractivity contribution in [3.8, 4) is 5.82 Å². The fraction of sp³-hybridized carbons (Fsp3) is 0.312. The van der Waals surface area contributed by atoms with Crippen LogP contribution in [0.3, 0.4) is 0 Å². The average molecular weight is 526 g/mol. The van der Waals surface area contributed by atoms with Crippen LogP contribution in [0.2, 0.25) is 0 Å².